The molecule has 4 nitrogen and oxygen atoms in total. The zero-order chi connectivity index (χ0) is 16.0. The first-order valence-corrected chi connectivity index (χ1v) is 7.12. The number of nitrogens with zero attached hydrogens (tertiary/aromatic N) is 1. The first kappa shape index (κ1) is 17.4. The Morgan fingerprint density at radius 3 is 2.67 bits per heavy atom. The zero-order valence-electron chi connectivity index (χ0n) is 13.4. The van der Waals surface area contributed by atoms with Crippen molar-refractivity contribution in [2.45, 2.75) is 39.3 Å². The van der Waals surface area contributed by atoms with E-state index in [0.717, 1.165) is 5.56 Å². The maximum Gasteiger partial charge on any atom is 0.410 e. The molecule has 21 heavy (non-hydrogen) atoms. The Hall–Kier alpha value is -1.62. The van der Waals surface area contributed by atoms with E-state index < -0.39 is 5.60 Å². The lowest BCUT2D eigenvalue weighted by Gasteiger charge is -2.25. The van der Waals surface area contributed by atoms with E-state index in [1.807, 2.05) is 33.8 Å². The largest absolute Gasteiger partial charge is 0.444 e. The van der Waals surface area contributed by atoms with Gasteiger partial charge in [0.2, 0.25) is 0 Å². The van der Waals surface area contributed by atoms with Gasteiger partial charge in [0.15, 0.2) is 0 Å². The molecule has 0 spiro atoms. The molecule has 1 rings (SSSR count). The molecule has 1 N–H and O–H groups in total. The molecule has 1 aromatic rings. The van der Waals surface area contributed by atoms with Gasteiger partial charge in [0, 0.05) is 26.2 Å². The molecule has 0 saturated heterocycles. The molecule has 0 aliphatic heterocycles. The maximum absolute atomic E-state index is 13.1. The lowest BCUT2D eigenvalue weighted by atomic mass is 10.1. The number of hydrogen-bond acceptors (Lipinski definition) is 3. The minimum atomic E-state index is -0.492. The Kier molecular flexibility index (Phi) is 6.15. The van der Waals surface area contributed by atoms with Crippen LogP contribution in [-0.4, -0.2) is 36.7 Å². The molecule has 0 saturated carbocycles. The van der Waals surface area contributed by atoms with Gasteiger partial charge in [0.05, 0.1) is 0 Å². The number of ether oxygens (including phenoxy) is 1. The second kappa shape index (κ2) is 7.41. The molecule has 1 atom stereocenters. The normalized spacial score (nSPS) is 12.9. The number of halogens is 1. The van der Waals surface area contributed by atoms with Crippen LogP contribution in [0.3, 0.4) is 0 Å². The third kappa shape index (κ3) is 6.58. The Labute approximate surface area is 126 Å². The van der Waals surface area contributed by atoms with Crippen LogP contribution in [0.5, 0.6) is 0 Å². The molecule has 0 fully saturated rings. The first-order chi connectivity index (χ1) is 9.69. The molecule has 0 aromatic heterocycles. The molecule has 118 valence electrons. The summed E-state index contributed by atoms with van der Waals surface area (Å²) in [4.78, 5) is 13.3. The van der Waals surface area contributed by atoms with Crippen molar-refractivity contribution in [2.24, 2.45) is 0 Å². The van der Waals surface area contributed by atoms with Crippen molar-refractivity contribution in [3.05, 3.63) is 35.6 Å². The lowest BCUT2D eigenvalue weighted by molar-refractivity contribution is 0.0299. The average molecular weight is 296 g/mol. The summed E-state index contributed by atoms with van der Waals surface area (Å²) >= 11 is 0. The van der Waals surface area contributed by atoms with Gasteiger partial charge in [-0.2, -0.15) is 0 Å². The van der Waals surface area contributed by atoms with Gasteiger partial charge in [-0.25, -0.2) is 9.18 Å². The van der Waals surface area contributed by atoms with E-state index in [-0.39, 0.29) is 18.0 Å². The van der Waals surface area contributed by atoms with E-state index in [2.05, 4.69) is 5.32 Å². The van der Waals surface area contributed by atoms with Gasteiger partial charge in [0.25, 0.3) is 0 Å². The van der Waals surface area contributed by atoms with Crippen LogP contribution in [-0.2, 0) is 4.74 Å². The van der Waals surface area contributed by atoms with Crippen LogP contribution >= 0.6 is 0 Å². The van der Waals surface area contributed by atoms with Crippen molar-refractivity contribution in [3.63, 3.8) is 0 Å². The molecule has 0 aliphatic carbocycles. The van der Waals surface area contributed by atoms with Gasteiger partial charge in [-0.1, -0.05) is 12.1 Å². The minimum Gasteiger partial charge on any atom is -0.444 e. The zero-order valence-corrected chi connectivity index (χ0v) is 13.4. The van der Waals surface area contributed by atoms with Crippen LogP contribution in [0.4, 0.5) is 9.18 Å². The van der Waals surface area contributed by atoms with Crippen LogP contribution in [0, 0.1) is 5.82 Å². The van der Waals surface area contributed by atoms with Crippen LogP contribution in [0.15, 0.2) is 24.3 Å². The van der Waals surface area contributed by atoms with E-state index >= 15 is 0 Å². The quantitative estimate of drug-likeness (QED) is 0.906. The summed E-state index contributed by atoms with van der Waals surface area (Å²) < 4.78 is 18.4. The predicted octanol–water partition coefficient (Wildman–Crippen LogP) is 3.34. The lowest BCUT2D eigenvalue weighted by Crippen LogP contribution is -2.38. The van der Waals surface area contributed by atoms with Gasteiger partial charge < -0.3 is 15.0 Å². The highest BCUT2D eigenvalue weighted by molar-refractivity contribution is 5.67. The third-order valence-electron chi connectivity index (χ3n) is 2.95. The monoisotopic (exact) mass is 296 g/mol. The number of hydrogen-bond donors (Lipinski definition) is 1. The van der Waals surface area contributed by atoms with Crippen molar-refractivity contribution in [3.8, 4) is 0 Å². The summed E-state index contributed by atoms with van der Waals surface area (Å²) in [6.45, 7) is 8.60. The van der Waals surface area contributed by atoms with E-state index in [1.165, 1.54) is 17.0 Å². The van der Waals surface area contributed by atoms with Gasteiger partial charge >= 0.3 is 6.09 Å². The fraction of sp³-hybridized carbons (Fsp3) is 0.562. The molecule has 0 heterocycles. The molecule has 5 heteroatoms. The summed E-state index contributed by atoms with van der Waals surface area (Å²) in [5.74, 6) is -0.243. The fourth-order valence-electron chi connectivity index (χ4n) is 1.77. The van der Waals surface area contributed by atoms with E-state index in [0.29, 0.717) is 13.1 Å². The van der Waals surface area contributed by atoms with Crippen molar-refractivity contribution in [1.82, 2.24) is 10.2 Å². The minimum absolute atomic E-state index is 0.0211. The van der Waals surface area contributed by atoms with Gasteiger partial charge in [-0.05, 0) is 45.4 Å². The van der Waals surface area contributed by atoms with Crippen molar-refractivity contribution in [1.29, 1.82) is 0 Å². The molecule has 0 bridgehead atoms. The van der Waals surface area contributed by atoms with Gasteiger partial charge in [0.1, 0.15) is 11.4 Å². The SMILES string of the molecule is CC(NCCN(C)C(=O)OC(C)(C)C)c1cccc(F)c1. The maximum atomic E-state index is 13.1. The van der Waals surface area contributed by atoms with Gasteiger partial charge in [-0.3, -0.25) is 0 Å². The Balaban J connectivity index is 2.37. The predicted molar refractivity (Wildman–Crippen MR) is 81.7 cm³/mol. The van der Waals surface area contributed by atoms with Crippen LogP contribution in [0.25, 0.3) is 0 Å². The van der Waals surface area contributed by atoms with Crippen molar-refractivity contribution in [2.75, 3.05) is 20.1 Å². The number of carbonyl (C=O) groups is 1. The van der Waals surface area contributed by atoms with E-state index in [4.69, 9.17) is 4.74 Å². The highest BCUT2D eigenvalue weighted by Gasteiger charge is 2.19. The molecular weight excluding hydrogens is 271 g/mol. The Bertz CT molecular complexity index is 472. The van der Waals surface area contributed by atoms with Crippen LogP contribution in [0.1, 0.15) is 39.3 Å². The molecule has 1 amide bonds. The summed E-state index contributed by atoms with van der Waals surface area (Å²) in [6, 6.07) is 6.52. The summed E-state index contributed by atoms with van der Waals surface area (Å²) in [5.41, 5.74) is 0.392. The standard InChI is InChI=1S/C16H25FN2O2/c1-12(13-7-6-8-14(17)11-13)18-9-10-19(5)15(20)21-16(2,3)4/h6-8,11-12,18H,9-10H2,1-5H3. The van der Waals surface area contributed by atoms with Crippen molar-refractivity contribution < 1.29 is 13.9 Å². The van der Waals surface area contributed by atoms with E-state index in [1.54, 1.807) is 13.1 Å². The number of likely N-dealkylation sites (N-methyl/N-ethyl adjacent to an activating group) is 1. The molecule has 0 radical (unpaired) electrons. The number of amides is 1. The number of carbonyl (C=O) groups excluding carboxylic acids is 1. The summed E-state index contributed by atoms with van der Waals surface area (Å²) in [6.07, 6.45) is -0.345. The average Bonchev–Trinajstić information content (AvgIpc) is 2.36. The molecule has 1 unspecified atom stereocenters. The smallest absolute Gasteiger partial charge is 0.410 e. The van der Waals surface area contributed by atoms with E-state index in [9.17, 15) is 9.18 Å². The Morgan fingerprint density at radius 1 is 1.43 bits per heavy atom. The number of rotatable bonds is 5. The fourth-order valence-corrected chi connectivity index (χ4v) is 1.77. The first-order valence-electron chi connectivity index (χ1n) is 7.12. The summed E-state index contributed by atoms with van der Waals surface area (Å²) in [7, 11) is 1.70. The Morgan fingerprint density at radius 2 is 2.10 bits per heavy atom. The summed E-state index contributed by atoms with van der Waals surface area (Å²) in [5, 5.41) is 3.26. The van der Waals surface area contributed by atoms with Crippen molar-refractivity contribution >= 4 is 6.09 Å². The number of benzene rings is 1. The molecule has 0 aliphatic rings. The molecule has 1 aromatic carbocycles. The highest BCUT2D eigenvalue weighted by atomic mass is 19.1. The second-order valence-corrected chi connectivity index (χ2v) is 6.13. The molecular formula is C16H25FN2O2. The number of nitrogens with one attached hydrogen (secondary N) is 1. The third-order valence-corrected chi connectivity index (χ3v) is 2.95. The topological polar surface area (TPSA) is 41.6 Å². The second-order valence-electron chi connectivity index (χ2n) is 6.13. The van der Waals surface area contributed by atoms with Crippen LogP contribution in [0.2, 0.25) is 0 Å². The van der Waals surface area contributed by atoms with Crippen LogP contribution < -0.4 is 5.32 Å². The van der Waals surface area contributed by atoms with Gasteiger partial charge in [-0.15, -0.1) is 0 Å². The highest BCUT2D eigenvalue weighted by Crippen LogP contribution is 2.13.